The Bertz CT molecular complexity index is 552. The molecule has 0 spiro atoms. The van der Waals surface area contributed by atoms with Gasteiger partial charge in [0.2, 0.25) is 0 Å². The Morgan fingerprint density at radius 1 is 1.28 bits per heavy atom. The van der Waals surface area contributed by atoms with Crippen LogP contribution in [0.25, 0.3) is 6.08 Å². The van der Waals surface area contributed by atoms with Crippen LogP contribution >= 0.6 is 0 Å². The van der Waals surface area contributed by atoms with Gasteiger partial charge < -0.3 is 10.4 Å². The molecule has 1 aromatic heterocycles. The zero-order valence-corrected chi connectivity index (χ0v) is 10.5. The van der Waals surface area contributed by atoms with E-state index < -0.39 is 0 Å². The minimum absolute atomic E-state index is 0.822. The van der Waals surface area contributed by atoms with E-state index in [4.69, 9.17) is 5.41 Å². The van der Waals surface area contributed by atoms with Gasteiger partial charge in [0, 0.05) is 12.6 Å². The average Bonchev–Trinajstić information content (AvgIpc) is 2.84. The molecule has 0 aliphatic rings. The molecule has 0 saturated heterocycles. The van der Waals surface area contributed by atoms with Crippen LogP contribution in [0.5, 0.6) is 0 Å². The standard InChI is InChI=1S/C15H17N3/c1-2-12-6-3-4-7-13(12)10-15-17-11-14(18-15)8-5-9-16/h3-9,11,16H,2,10H2,1H3,(H,17,18)/b8-5-,16-9?. The lowest BCUT2D eigenvalue weighted by Gasteiger charge is -2.05. The van der Waals surface area contributed by atoms with Crippen molar-refractivity contribution in [1.29, 1.82) is 5.41 Å². The minimum atomic E-state index is 0.822. The molecule has 0 unspecified atom stereocenters. The number of aromatic nitrogens is 2. The lowest BCUT2D eigenvalue weighted by molar-refractivity contribution is 0.987. The van der Waals surface area contributed by atoms with Crippen molar-refractivity contribution in [3.63, 3.8) is 0 Å². The average molecular weight is 239 g/mol. The zero-order chi connectivity index (χ0) is 12.8. The summed E-state index contributed by atoms with van der Waals surface area (Å²) in [6, 6.07) is 8.44. The molecule has 0 bridgehead atoms. The van der Waals surface area contributed by atoms with Crippen LogP contribution in [0.1, 0.15) is 29.6 Å². The summed E-state index contributed by atoms with van der Waals surface area (Å²) >= 11 is 0. The maximum atomic E-state index is 6.95. The molecule has 0 atom stereocenters. The number of nitrogens with one attached hydrogen (secondary N) is 2. The SMILES string of the molecule is CCc1ccccc1Cc1ncc(/C=C\C=N)[nH]1. The molecule has 18 heavy (non-hydrogen) atoms. The maximum absolute atomic E-state index is 6.95. The van der Waals surface area contributed by atoms with E-state index in [2.05, 4.69) is 41.2 Å². The van der Waals surface area contributed by atoms with Crippen molar-refractivity contribution in [2.45, 2.75) is 19.8 Å². The van der Waals surface area contributed by atoms with Crippen molar-refractivity contribution in [2.75, 3.05) is 0 Å². The first-order valence-corrected chi connectivity index (χ1v) is 6.11. The smallest absolute Gasteiger partial charge is 0.110 e. The van der Waals surface area contributed by atoms with Gasteiger partial charge in [-0.1, -0.05) is 31.2 Å². The summed E-state index contributed by atoms with van der Waals surface area (Å²) in [7, 11) is 0. The summed E-state index contributed by atoms with van der Waals surface area (Å²) in [5, 5.41) is 6.95. The van der Waals surface area contributed by atoms with Gasteiger partial charge in [0.1, 0.15) is 5.82 Å². The highest BCUT2D eigenvalue weighted by Crippen LogP contribution is 2.13. The topological polar surface area (TPSA) is 52.5 Å². The van der Waals surface area contributed by atoms with E-state index in [0.717, 1.165) is 24.4 Å². The molecule has 92 valence electrons. The second kappa shape index (κ2) is 5.96. The number of rotatable bonds is 5. The van der Waals surface area contributed by atoms with Crippen LogP contribution in [-0.2, 0) is 12.8 Å². The Morgan fingerprint density at radius 3 is 2.78 bits per heavy atom. The first-order valence-electron chi connectivity index (χ1n) is 6.11. The Hall–Kier alpha value is -2.16. The van der Waals surface area contributed by atoms with Gasteiger partial charge in [-0.05, 0) is 29.7 Å². The van der Waals surface area contributed by atoms with Gasteiger partial charge in [-0.25, -0.2) is 4.98 Å². The molecule has 0 aliphatic heterocycles. The predicted molar refractivity (Wildman–Crippen MR) is 75.0 cm³/mol. The molecule has 0 radical (unpaired) electrons. The fourth-order valence-corrected chi connectivity index (χ4v) is 1.96. The fourth-order valence-electron chi connectivity index (χ4n) is 1.96. The summed E-state index contributed by atoms with van der Waals surface area (Å²) in [6.07, 6.45) is 8.43. The Balaban J connectivity index is 2.16. The number of hydrogen-bond acceptors (Lipinski definition) is 2. The molecule has 2 rings (SSSR count). The first kappa shape index (κ1) is 12.3. The highest BCUT2D eigenvalue weighted by molar-refractivity contribution is 5.74. The quantitative estimate of drug-likeness (QED) is 0.773. The van der Waals surface area contributed by atoms with E-state index in [1.165, 1.54) is 17.3 Å². The third-order valence-corrected chi connectivity index (χ3v) is 2.88. The van der Waals surface area contributed by atoms with Gasteiger partial charge in [0.05, 0.1) is 11.9 Å². The maximum Gasteiger partial charge on any atom is 0.110 e. The molecular formula is C15H17N3. The van der Waals surface area contributed by atoms with E-state index in [9.17, 15) is 0 Å². The molecule has 2 N–H and O–H groups in total. The summed E-state index contributed by atoms with van der Waals surface area (Å²) in [6.45, 7) is 2.17. The van der Waals surface area contributed by atoms with Crippen molar-refractivity contribution in [1.82, 2.24) is 9.97 Å². The second-order valence-corrected chi connectivity index (χ2v) is 4.11. The van der Waals surface area contributed by atoms with Gasteiger partial charge in [-0.15, -0.1) is 0 Å². The van der Waals surface area contributed by atoms with Gasteiger partial charge in [0.15, 0.2) is 0 Å². The van der Waals surface area contributed by atoms with Crippen molar-refractivity contribution >= 4 is 12.3 Å². The Kier molecular flexibility index (Phi) is 4.07. The van der Waals surface area contributed by atoms with E-state index in [-0.39, 0.29) is 0 Å². The second-order valence-electron chi connectivity index (χ2n) is 4.11. The Labute approximate surface area is 107 Å². The van der Waals surface area contributed by atoms with E-state index in [0.29, 0.717) is 0 Å². The molecule has 2 aromatic rings. The zero-order valence-electron chi connectivity index (χ0n) is 10.5. The van der Waals surface area contributed by atoms with Gasteiger partial charge in [-0.2, -0.15) is 0 Å². The lowest BCUT2D eigenvalue weighted by atomic mass is 10.0. The predicted octanol–water partition coefficient (Wildman–Crippen LogP) is 3.23. The third-order valence-electron chi connectivity index (χ3n) is 2.88. The van der Waals surface area contributed by atoms with Gasteiger partial charge >= 0.3 is 0 Å². The van der Waals surface area contributed by atoms with E-state index in [1.807, 2.05) is 6.08 Å². The monoisotopic (exact) mass is 239 g/mol. The number of aromatic amines is 1. The fraction of sp³-hybridized carbons (Fsp3) is 0.200. The number of allylic oxidation sites excluding steroid dienone is 1. The minimum Gasteiger partial charge on any atom is -0.342 e. The van der Waals surface area contributed by atoms with Crippen LogP contribution in [0.15, 0.2) is 36.5 Å². The van der Waals surface area contributed by atoms with Crippen LogP contribution in [0.3, 0.4) is 0 Å². The summed E-state index contributed by atoms with van der Waals surface area (Å²) in [5.74, 6) is 0.959. The van der Waals surface area contributed by atoms with Crippen LogP contribution in [0.2, 0.25) is 0 Å². The number of benzene rings is 1. The molecular weight excluding hydrogens is 222 g/mol. The van der Waals surface area contributed by atoms with Crippen LogP contribution in [-0.4, -0.2) is 16.2 Å². The summed E-state index contributed by atoms with van der Waals surface area (Å²) in [5.41, 5.74) is 3.62. The molecule has 3 heteroatoms. The van der Waals surface area contributed by atoms with Crippen LogP contribution in [0, 0.1) is 5.41 Å². The number of hydrogen-bond donors (Lipinski definition) is 2. The van der Waals surface area contributed by atoms with Gasteiger partial charge in [0.25, 0.3) is 0 Å². The number of imidazole rings is 1. The number of H-pyrrole nitrogens is 1. The molecule has 0 aliphatic carbocycles. The first-order chi connectivity index (χ1) is 8.83. The molecule has 0 saturated carbocycles. The van der Waals surface area contributed by atoms with Crippen LogP contribution in [0.4, 0.5) is 0 Å². The molecule has 3 nitrogen and oxygen atoms in total. The number of aryl methyl sites for hydroxylation is 1. The summed E-state index contributed by atoms with van der Waals surface area (Å²) < 4.78 is 0. The highest BCUT2D eigenvalue weighted by Gasteiger charge is 2.04. The van der Waals surface area contributed by atoms with Crippen molar-refractivity contribution < 1.29 is 0 Å². The number of nitrogens with zero attached hydrogens (tertiary/aromatic N) is 1. The van der Waals surface area contributed by atoms with Gasteiger partial charge in [-0.3, -0.25) is 0 Å². The summed E-state index contributed by atoms with van der Waals surface area (Å²) in [4.78, 5) is 7.60. The van der Waals surface area contributed by atoms with Crippen molar-refractivity contribution in [2.24, 2.45) is 0 Å². The Morgan fingerprint density at radius 2 is 2.06 bits per heavy atom. The van der Waals surface area contributed by atoms with Crippen molar-refractivity contribution in [3.05, 3.63) is 59.2 Å². The van der Waals surface area contributed by atoms with Crippen molar-refractivity contribution in [3.8, 4) is 0 Å². The molecule has 1 heterocycles. The van der Waals surface area contributed by atoms with E-state index >= 15 is 0 Å². The van der Waals surface area contributed by atoms with E-state index in [1.54, 1.807) is 12.3 Å². The van der Waals surface area contributed by atoms with Crippen LogP contribution < -0.4 is 0 Å². The third kappa shape index (κ3) is 2.94. The molecule has 0 amide bonds. The molecule has 1 aromatic carbocycles. The lowest BCUT2D eigenvalue weighted by Crippen LogP contribution is -1.95. The molecule has 0 fully saturated rings. The normalized spacial score (nSPS) is 10.9. The highest BCUT2D eigenvalue weighted by atomic mass is 14.9. The largest absolute Gasteiger partial charge is 0.342 e.